The molecule has 3 aromatic carbocycles. The van der Waals surface area contributed by atoms with E-state index in [0.29, 0.717) is 16.4 Å². The largest absolute Gasteiger partial charge is 0.326 e. The monoisotopic (exact) mass is 468 g/mol. The fraction of sp³-hybridized carbons (Fsp3) is 0.0476. The van der Waals surface area contributed by atoms with Crippen LogP contribution in [0.25, 0.3) is 5.69 Å². The Hall–Kier alpha value is -3.76. The van der Waals surface area contributed by atoms with Crippen LogP contribution in [0.5, 0.6) is 0 Å². The van der Waals surface area contributed by atoms with Crippen LogP contribution in [0.2, 0.25) is 5.02 Å². The summed E-state index contributed by atoms with van der Waals surface area (Å²) in [6, 6.07) is 19.5. The molecule has 4 rings (SSSR count). The Morgan fingerprint density at radius 1 is 0.969 bits per heavy atom. The number of carbonyl (C=O) groups excluding carboxylic acids is 1. The molecular formula is C21H17ClN6O3S. The van der Waals surface area contributed by atoms with E-state index < -0.39 is 10.0 Å². The zero-order valence-electron chi connectivity index (χ0n) is 16.5. The molecule has 0 saturated carbocycles. The van der Waals surface area contributed by atoms with Gasteiger partial charge in [0.15, 0.2) is 0 Å². The average molecular weight is 469 g/mol. The van der Waals surface area contributed by atoms with Crippen molar-refractivity contribution in [3.63, 3.8) is 0 Å². The first-order valence-corrected chi connectivity index (χ1v) is 11.3. The van der Waals surface area contributed by atoms with Crippen LogP contribution in [0.3, 0.4) is 0 Å². The minimum atomic E-state index is -3.83. The third-order valence-corrected chi connectivity index (χ3v) is 6.07. The maximum atomic E-state index is 12.7. The predicted octanol–water partition coefficient (Wildman–Crippen LogP) is 3.30. The second kappa shape index (κ2) is 9.16. The van der Waals surface area contributed by atoms with Gasteiger partial charge >= 0.3 is 0 Å². The number of nitrogens with one attached hydrogen (secondary N) is 2. The number of rotatable bonds is 7. The molecule has 0 aliphatic heterocycles. The lowest BCUT2D eigenvalue weighted by Gasteiger charge is -2.11. The van der Waals surface area contributed by atoms with E-state index in [1.807, 2.05) is 0 Å². The van der Waals surface area contributed by atoms with Crippen molar-refractivity contribution in [1.82, 2.24) is 20.2 Å². The van der Waals surface area contributed by atoms with E-state index >= 15 is 0 Å². The summed E-state index contributed by atoms with van der Waals surface area (Å²) >= 11 is 5.83. The van der Waals surface area contributed by atoms with Crippen LogP contribution in [-0.4, -0.2) is 34.5 Å². The Bertz CT molecular complexity index is 1320. The zero-order chi connectivity index (χ0) is 22.6. The Labute approximate surface area is 189 Å². The van der Waals surface area contributed by atoms with Gasteiger partial charge in [-0.2, -0.15) is 0 Å². The lowest BCUT2D eigenvalue weighted by molar-refractivity contribution is -0.115. The van der Waals surface area contributed by atoms with Gasteiger partial charge in [0.05, 0.1) is 17.0 Å². The Balaban J connectivity index is 1.41. The summed E-state index contributed by atoms with van der Waals surface area (Å²) in [5.74, 6) is -0.277. The molecule has 2 N–H and O–H groups in total. The second-order valence-electron chi connectivity index (χ2n) is 6.79. The zero-order valence-corrected chi connectivity index (χ0v) is 18.1. The summed E-state index contributed by atoms with van der Waals surface area (Å²) in [4.78, 5) is 12.5. The first kappa shape index (κ1) is 21.5. The first-order valence-electron chi connectivity index (χ1n) is 9.40. The Morgan fingerprint density at radius 3 is 2.41 bits per heavy atom. The lowest BCUT2D eigenvalue weighted by Crippen LogP contribution is -2.16. The van der Waals surface area contributed by atoms with E-state index in [1.165, 1.54) is 23.1 Å². The van der Waals surface area contributed by atoms with Gasteiger partial charge < -0.3 is 5.32 Å². The third kappa shape index (κ3) is 5.29. The molecule has 11 heteroatoms. The van der Waals surface area contributed by atoms with Crippen LogP contribution in [0.15, 0.2) is 84.0 Å². The standard InChI is InChI=1S/C21H17ClN6O3S/c22-16-6-8-17(9-7-16)25-32(30,31)20-3-1-2-18(13-20)24-21(29)12-15-4-10-19(11-5-15)28-14-23-26-27-28/h1-11,13-14,25H,12H2,(H,24,29). The number of hydrogen-bond acceptors (Lipinski definition) is 6. The summed E-state index contributed by atoms with van der Waals surface area (Å²) < 4.78 is 29.3. The van der Waals surface area contributed by atoms with Crippen molar-refractivity contribution in [3.8, 4) is 5.69 Å². The molecule has 0 aliphatic carbocycles. The SMILES string of the molecule is O=C(Cc1ccc(-n2cnnn2)cc1)Nc1cccc(S(=O)(=O)Nc2ccc(Cl)cc2)c1. The normalized spacial score (nSPS) is 11.2. The van der Waals surface area contributed by atoms with E-state index in [2.05, 4.69) is 25.6 Å². The van der Waals surface area contributed by atoms with Gasteiger partial charge in [0.25, 0.3) is 10.0 Å². The summed E-state index contributed by atoms with van der Waals surface area (Å²) in [6.07, 6.45) is 1.60. The number of tetrazole rings is 1. The van der Waals surface area contributed by atoms with Crippen LogP contribution in [0.1, 0.15) is 5.56 Å². The number of sulfonamides is 1. The van der Waals surface area contributed by atoms with Crippen LogP contribution in [0, 0.1) is 0 Å². The lowest BCUT2D eigenvalue weighted by atomic mass is 10.1. The molecule has 0 saturated heterocycles. The summed E-state index contributed by atoms with van der Waals surface area (Å²) in [7, 11) is -3.83. The molecule has 0 fully saturated rings. The Morgan fingerprint density at radius 2 is 1.72 bits per heavy atom. The highest BCUT2D eigenvalue weighted by Gasteiger charge is 2.15. The topological polar surface area (TPSA) is 119 Å². The van der Waals surface area contributed by atoms with Crippen molar-refractivity contribution in [2.24, 2.45) is 0 Å². The second-order valence-corrected chi connectivity index (χ2v) is 8.90. The molecule has 0 bridgehead atoms. The van der Waals surface area contributed by atoms with Gasteiger partial charge in [-0.15, -0.1) is 5.10 Å². The fourth-order valence-electron chi connectivity index (χ4n) is 2.91. The van der Waals surface area contributed by atoms with E-state index in [4.69, 9.17) is 11.6 Å². The van der Waals surface area contributed by atoms with Gasteiger partial charge in [0.1, 0.15) is 6.33 Å². The van der Waals surface area contributed by atoms with Crippen LogP contribution >= 0.6 is 11.6 Å². The fourth-order valence-corrected chi connectivity index (χ4v) is 4.14. The number of nitrogens with zero attached hydrogens (tertiary/aromatic N) is 4. The van der Waals surface area contributed by atoms with Crippen LogP contribution in [0.4, 0.5) is 11.4 Å². The molecule has 0 radical (unpaired) electrons. The van der Waals surface area contributed by atoms with Crippen molar-refractivity contribution >= 4 is 38.9 Å². The van der Waals surface area contributed by atoms with E-state index in [1.54, 1.807) is 60.7 Å². The van der Waals surface area contributed by atoms with Gasteiger partial charge in [-0.3, -0.25) is 9.52 Å². The molecule has 1 aromatic heterocycles. The van der Waals surface area contributed by atoms with Crippen LogP contribution < -0.4 is 10.0 Å². The molecule has 0 atom stereocenters. The van der Waals surface area contributed by atoms with Crippen LogP contribution in [-0.2, 0) is 21.2 Å². The van der Waals surface area contributed by atoms with E-state index in [9.17, 15) is 13.2 Å². The number of benzene rings is 3. The molecule has 1 heterocycles. The molecule has 4 aromatic rings. The molecule has 9 nitrogen and oxygen atoms in total. The number of amides is 1. The highest BCUT2D eigenvalue weighted by Crippen LogP contribution is 2.21. The quantitative estimate of drug-likeness (QED) is 0.429. The predicted molar refractivity (Wildman–Crippen MR) is 120 cm³/mol. The number of halogens is 1. The number of carbonyl (C=O) groups is 1. The van der Waals surface area contributed by atoms with Gasteiger partial charge in [-0.05, 0) is 70.6 Å². The minimum absolute atomic E-state index is 0.0241. The van der Waals surface area contributed by atoms with Gasteiger partial charge in [-0.1, -0.05) is 29.8 Å². The summed E-state index contributed by atoms with van der Waals surface area (Å²) in [5.41, 5.74) is 2.31. The maximum absolute atomic E-state index is 12.7. The maximum Gasteiger partial charge on any atom is 0.261 e. The molecule has 32 heavy (non-hydrogen) atoms. The molecule has 0 aliphatic rings. The summed E-state index contributed by atoms with van der Waals surface area (Å²) in [5, 5.41) is 14.2. The molecular weight excluding hydrogens is 452 g/mol. The van der Waals surface area contributed by atoms with Gasteiger partial charge in [0, 0.05) is 16.4 Å². The number of anilines is 2. The van der Waals surface area contributed by atoms with Crippen molar-refractivity contribution < 1.29 is 13.2 Å². The molecule has 1 amide bonds. The van der Waals surface area contributed by atoms with Gasteiger partial charge in [-0.25, -0.2) is 13.1 Å². The molecule has 0 spiro atoms. The molecule has 0 unspecified atom stereocenters. The number of aromatic nitrogens is 4. The van der Waals surface area contributed by atoms with Crippen molar-refractivity contribution in [2.45, 2.75) is 11.3 Å². The van der Waals surface area contributed by atoms with Crippen molar-refractivity contribution in [1.29, 1.82) is 0 Å². The van der Waals surface area contributed by atoms with E-state index in [0.717, 1.165) is 11.3 Å². The highest BCUT2D eigenvalue weighted by atomic mass is 35.5. The smallest absolute Gasteiger partial charge is 0.261 e. The number of hydrogen-bond donors (Lipinski definition) is 2. The van der Waals surface area contributed by atoms with E-state index in [-0.39, 0.29) is 17.2 Å². The van der Waals surface area contributed by atoms with Crippen molar-refractivity contribution in [3.05, 3.63) is 89.7 Å². The Kier molecular flexibility index (Phi) is 6.15. The average Bonchev–Trinajstić information content (AvgIpc) is 3.31. The first-order chi connectivity index (χ1) is 15.4. The summed E-state index contributed by atoms with van der Waals surface area (Å²) in [6.45, 7) is 0. The molecule has 162 valence electrons. The van der Waals surface area contributed by atoms with Gasteiger partial charge in [0.2, 0.25) is 5.91 Å². The third-order valence-electron chi connectivity index (χ3n) is 4.44. The highest BCUT2D eigenvalue weighted by molar-refractivity contribution is 7.92. The minimum Gasteiger partial charge on any atom is -0.326 e. The van der Waals surface area contributed by atoms with Crippen molar-refractivity contribution in [2.75, 3.05) is 10.0 Å².